The Bertz CT molecular complexity index is 1410. The van der Waals surface area contributed by atoms with Gasteiger partial charge in [0.2, 0.25) is 29.5 Å². The van der Waals surface area contributed by atoms with Gasteiger partial charge in [-0.2, -0.15) is 0 Å². The Kier molecular flexibility index (Phi) is 15.6. The number of hydrogen-bond acceptors (Lipinski definition) is 9. The first-order valence-corrected chi connectivity index (χ1v) is 18.6. The van der Waals surface area contributed by atoms with Crippen LogP contribution in [0.25, 0.3) is 0 Å². The van der Waals surface area contributed by atoms with Crippen LogP contribution < -0.4 is 26.2 Å². The highest BCUT2D eigenvalue weighted by Crippen LogP contribution is 2.31. The van der Waals surface area contributed by atoms with E-state index >= 15 is 0 Å². The summed E-state index contributed by atoms with van der Waals surface area (Å²) in [7, 11) is 0. The summed E-state index contributed by atoms with van der Waals surface area (Å²) in [5.41, 5.74) is -0.768. The van der Waals surface area contributed by atoms with Crippen molar-refractivity contribution in [2.45, 2.75) is 105 Å². The van der Waals surface area contributed by atoms with Gasteiger partial charge in [0.25, 0.3) is 5.91 Å². The first kappa shape index (κ1) is 41.9. The molecule has 0 saturated carbocycles. The average Bonchev–Trinajstić information content (AvgIpc) is 3.57. The van der Waals surface area contributed by atoms with Crippen molar-refractivity contribution >= 4 is 41.4 Å². The molecule has 1 aromatic rings. The Morgan fingerprint density at radius 1 is 0.942 bits per heavy atom. The number of nitrogens with one attached hydrogen (secondary N) is 4. The van der Waals surface area contributed by atoms with Crippen LogP contribution in [-0.2, 0) is 24.0 Å². The molecule has 1 aromatic heterocycles. The molecule has 2 aliphatic rings. The van der Waals surface area contributed by atoms with Gasteiger partial charge in [0.15, 0.2) is 0 Å². The van der Waals surface area contributed by atoms with Gasteiger partial charge in [-0.1, -0.05) is 73.8 Å². The monoisotopic (exact) mass is 725 g/mol. The average molecular weight is 726 g/mol. The van der Waals surface area contributed by atoms with Crippen molar-refractivity contribution in [3.63, 3.8) is 0 Å². The minimum atomic E-state index is -1.05. The zero-order chi connectivity index (χ0) is 38.6. The smallest absolute Gasteiger partial charge is 0.316 e. The summed E-state index contributed by atoms with van der Waals surface area (Å²) in [5, 5.41) is 10.9. The molecule has 1 unspecified atom stereocenters. The van der Waals surface area contributed by atoms with Crippen LogP contribution in [0.2, 0.25) is 0 Å². The van der Waals surface area contributed by atoms with Crippen LogP contribution in [-0.4, -0.2) is 119 Å². The molecule has 6 amide bonds. The fourth-order valence-electron chi connectivity index (χ4n) is 6.65. The molecular formula is C37H59N9O6. The Morgan fingerprint density at radius 2 is 1.60 bits per heavy atom. The zero-order valence-electron chi connectivity index (χ0n) is 31.9. The summed E-state index contributed by atoms with van der Waals surface area (Å²) < 4.78 is 0. The van der Waals surface area contributed by atoms with Crippen molar-refractivity contribution in [1.82, 2.24) is 41.0 Å². The van der Waals surface area contributed by atoms with Gasteiger partial charge in [0.1, 0.15) is 18.1 Å². The minimum Gasteiger partial charge on any atom is -0.346 e. The third kappa shape index (κ3) is 11.0. The van der Waals surface area contributed by atoms with Gasteiger partial charge in [0.05, 0.1) is 6.04 Å². The van der Waals surface area contributed by atoms with Crippen LogP contribution in [0.1, 0.15) is 80.6 Å². The maximum absolute atomic E-state index is 14.3. The molecule has 15 heteroatoms. The molecule has 0 spiro atoms. The molecule has 0 aliphatic carbocycles. The number of ketones is 1. The van der Waals surface area contributed by atoms with Gasteiger partial charge in [-0.15, -0.1) is 6.58 Å². The summed E-state index contributed by atoms with van der Waals surface area (Å²) >= 11 is 0. The predicted molar refractivity (Wildman–Crippen MR) is 198 cm³/mol. The first-order valence-electron chi connectivity index (χ1n) is 18.6. The minimum absolute atomic E-state index is 0.115. The molecule has 0 radical (unpaired) electrons. The first-order chi connectivity index (χ1) is 24.6. The number of nitrogens with zero attached hydrogens (tertiary/aromatic N) is 5. The van der Waals surface area contributed by atoms with Crippen molar-refractivity contribution in [2.75, 3.05) is 44.2 Å². The van der Waals surface area contributed by atoms with Gasteiger partial charge in [-0.3, -0.25) is 24.0 Å². The Hall–Kier alpha value is -4.56. The highest BCUT2D eigenvalue weighted by molar-refractivity contribution is 6.38. The summed E-state index contributed by atoms with van der Waals surface area (Å²) in [4.78, 5) is 94.9. The van der Waals surface area contributed by atoms with E-state index in [-0.39, 0.29) is 37.3 Å². The summed E-state index contributed by atoms with van der Waals surface area (Å²) in [6.07, 6.45) is 7.62. The second kappa shape index (κ2) is 19.3. The standard InChI is InChI=1S/C37H59N9O6/c1-9-12-14-26(29(47)32(49)38-16-10-2)41-31(48)28-25(11-3)15-19-46(28)34(51)30(37(6,7)8)43-36(52)42-27(24(4)5)33(50)44-20-22-45(23-21-44)35-39-17-13-18-40-35/h10,13,17-18,24-28,30H,2,9,11-12,14-16,19-23H2,1,3-8H3,(H,38,49)(H,41,48)(H2,42,43,52)/t25-,26?,27-,28-,30+/m0/s1. The molecule has 2 saturated heterocycles. The molecule has 3 rings (SSSR count). The lowest BCUT2D eigenvalue weighted by Crippen LogP contribution is -2.62. The second-order valence-electron chi connectivity index (χ2n) is 15.0. The van der Waals surface area contributed by atoms with Crippen molar-refractivity contribution in [1.29, 1.82) is 0 Å². The number of likely N-dealkylation sites (tertiary alicyclic amines) is 1. The topological polar surface area (TPSA) is 186 Å². The molecule has 0 aromatic carbocycles. The molecule has 288 valence electrons. The van der Waals surface area contributed by atoms with Gasteiger partial charge in [-0.05, 0) is 36.2 Å². The maximum Gasteiger partial charge on any atom is 0.316 e. The van der Waals surface area contributed by atoms with E-state index in [4.69, 9.17) is 0 Å². The van der Waals surface area contributed by atoms with Gasteiger partial charge in [-0.25, -0.2) is 14.8 Å². The molecular weight excluding hydrogens is 666 g/mol. The second-order valence-corrected chi connectivity index (χ2v) is 15.0. The molecule has 52 heavy (non-hydrogen) atoms. The Balaban J connectivity index is 1.74. The highest BCUT2D eigenvalue weighted by atomic mass is 16.2. The molecule has 2 aliphatic heterocycles. The molecule has 0 bridgehead atoms. The number of piperazine rings is 1. The van der Waals surface area contributed by atoms with Gasteiger partial charge < -0.3 is 36.0 Å². The third-order valence-corrected chi connectivity index (χ3v) is 9.74. The van der Waals surface area contributed by atoms with E-state index in [1.54, 1.807) is 23.4 Å². The predicted octanol–water partition coefficient (Wildman–Crippen LogP) is 2.04. The normalized spacial score (nSPS) is 19.3. The van der Waals surface area contributed by atoms with Crippen molar-refractivity contribution in [3.05, 3.63) is 31.1 Å². The maximum atomic E-state index is 14.3. The molecule has 3 heterocycles. The number of Topliss-reactive ketones (excluding diaryl/α,β-unsaturated/α-hetero) is 1. The quantitative estimate of drug-likeness (QED) is 0.146. The number of aromatic nitrogens is 2. The van der Waals surface area contributed by atoms with E-state index in [2.05, 4.69) is 37.8 Å². The van der Waals surface area contributed by atoms with Gasteiger partial charge >= 0.3 is 6.03 Å². The number of unbranched alkanes of at least 4 members (excludes halogenated alkanes) is 1. The van der Waals surface area contributed by atoms with E-state index in [0.717, 1.165) is 6.42 Å². The van der Waals surface area contributed by atoms with Crippen molar-refractivity contribution < 1.29 is 28.8 Å². The van der Waals surface area contributed by atoms with Crippen LogP contribution in [0.4, 0.5) is 10.7 Å². The molecule has 4 N–H and O–H groups in total. The SMILES string of the molecule is C=CCNC(=O)C(=O)C(CCCC)NC(=O)[C@@H]1[C@@H](CC)CCN1C(=O)[C@@H](NC(=O)N[C@H](C(=O)N1CCN(c2ncccn2)CC1)C(C)C)C(C)(C)C. The summed E-state index contributed by atoms with van der Waals surface area (Å²) in [5.74, 6) is -2.55. The number of rotatable bonds is 16. The van der Waals surface area contributed by atoms with Gasteiger partial charge in [0, 0.05) is 51.7 Å². The highest BCUT2D eigenvalue weighted by Gasteiger charge is 2.46. The van der Waals surface area contributed by atoms with Crippen molar-refractivity contribution in [3.8, 4) is 0 Å². The Labute approximate surface area is 308 Å². The lowest BCUT2D eigenvalue weighted by molar-refractivity contribution is -0.144. The lowest BCUT2D eigenvalue weighted by Gasteiger charge is -2.38. The van der Waals surface area contributed by atoms with Crippen LogP contribution in [0, 0.1) is 17.3 Å². The fourth-order valence-corrected chi connectivity index (χ4v) is 6.65. The van der Waals surface area contributed by atoms with Crippen LogP contribution in [0.3, 0.4) is 0 Å². The van der Waals surface area contributed by atoms with E-state index in [1.165, 1.54) is 11.0 Å². The van der Waals surface area contributed by atoms with Crippen molar-refractivity contribution in [2.24, 2.45) is 17.3 Å². The number of anilines is 1. The summed E-state index contributed by atoms with van der Waals surface area (Å²) in [6, 6.07) is -2.75. The van der Waals surface area contributed by atoms with Crippen LogP contribution >= 0.6 is 0 Å². The largest absolute Gasteiger partial charge is 0.346 e. The number of carbonyl (C=O) groups excluding carboxylic acids is 6. The van der Waals surface area contributed by atoms with E-state index in [0.29, 0.717) is 51.4 Å². The fraction of sp³-hybridized carbons (Fsp3) is 0.676. The van der Waals surface area contributed by atoms with E-state index in [1.807, 2.05) is 53.4 Å². The number of amides is 6. The van der Waals surface area contributed by atoms with E-state index < -0.39 is 59.1 Å². The zero-order valence-corrected chi connectivity index (χ0v) is 31.9. The number of carbonyl (C=O) groups is 6. The number of hydrogen-bond donors (Lipinski definition) is 4. The molecule has 2 fully saturated rings. The lowest BCUT2D eigenvalue weighted by atomic mass is 9.85. The third-order valence-electron chi connectivity index (χ3n) is 9.74. The van der Waals surface area contributed by atoms with E-state index in [9.17, 15) is 28.8 Å². The number of urea groups is 1. The Morgan fingerprint density at radius 3 is 2.15 bits per heavy atom. The van der Waals surface area contributed by atoms with Crippen LogP contribution in [0.5, 0.6) is 0 Å². The summed E-state index contributed by atoms with van der Waals surface area (Å²) in [6.45, 7) is 19.0. The molecule has 5 atom stereocenters. The van der Waals surface area contributed by atoms with Crippen LogP contribution in [0.15, 0.2) is 31.1 Å². The molecule has 15 nitrogen and oxygen atoms in total.